The van der Waals surface area contributed by atoms with Gasteiger partial charge in [-0.3, -0.25) is 9.41 Å². The molecule has 52 valence electrons. The summed E-state index contributed by atoms with van der Waals surface area (Å²) in [4.78, 5) is 9.83. The molecule has 0 amide bonds. The van der Waals surface area contributed by atoms with Crippen LogP contribution in [0.4, 0.5) is 9.41 Å². The summed E-state index contributed by atoms with van der Waals surface area (Å²) in [6, 6.07) is 0. The van der Waals surface area contributed by atoms with Crippen molar-refractivity contribution in [3.8, 4) is 0 Å². The van der Waals surface area contributed by atoms with Gasteiger partial charge in [-0.2, -0.15) is 0 Å². The normalized spacial score (nSPS) is 5.75. The smallest absolute Gasteiger partial charge is 0.269 e. The van der Waals surface area contributed by atoms with Crippen molar-refractivity contribution in [2.24, 2.45) is 0 Å². The van der Waals surface area contributed by atoms with Gasteiger partial charge in [-0.05, 0) is 0 Å². The Balaban J connectivity index is -0.000000125. The maximum absolute atomic E-state index is 9.83. The van der Waals surface area contributed by atoms with Gasteiger partial charge in [0.2, 0.25) is 0 Å². The first kappa shape index (κ1) is 15.7. The minimum Gasteiger partial charge on any atom is -0.269 e. The fourth-order valence-electron chi connectivity index (χ4n) is 0.107. The molecule has 0 bridgehead atoms. The van der Waals surface area contributed by atoms with Crippen LogP contribution in [0.25, 0.3) is 0 Å². The predicted octanol–water partition coefficient (Wildman–Crippen LogP) is 0.941. The van der Waals surface area contributed by atoms with Crippen molar-refractivity contribution in [3.63, 3.8) is 0 Å². The van der Waals surface area contributed by atoms with E-state index in [-0.39, 0.29) is 14.1 Å². The molecule has 0 aliphatic rings. The molecule has 0 aliphatic carbocycles. The van der Waals surface area contributed by atoms with Crippen molar-refractivity contribution >= 4 is 4.72 Å². The van der Waals surface area contributed by atoms with Crippen molar-refractivity contribution in [2.45, 2.75) is 6.42 Å². The van der Waals surface area contributed by atoms with Crippen LogP contribution in [0.1, 0.15) is 6.42 Å². The first-order valence-electron chi connectivity index (χ1n) is 1.54. The van der Waals surface area contributed by atoms with Crippen molar-refractivity contribution in [2.75, 3.05) is 0 Å². The maximum Gasteiger partial charge on any atom is -0.269 e. The Bertz CT molecular complexity index is 74.4. The van der Waals surface area contributed by atoms with Gasteiger partial charge in [-0.25, -0.2) is 0 Å². The number of carbonyl (C=O) groups excluding carboxylic acids is 1. The SMILES string of the molecule is C=CC[C](=O)[Co].F.F. The minimum absolute atomic E-state index is 0. The average molecular weight is 168 g/mol. The van der Waals surface area contributed by atoms with Crippen molar-refractivity contribution in [1.29, 1.82) is 0 Å². The van der Waals surface area contributed by atoms with Gasteiger partial charge in [-0.15, -0.1) is 0 Å². The molecule has 8 heavy (non-hydrogen) atoms. The van der Waals surface area contributed by atoms with E-state index in [0.717, 1.165) is 0 Å². The van der Waals surface area contributed by atoms with Crippen molar-refractivity contribution in [1.82, 2.24) is 0 Å². The van der Waals surface area contributed by atoms with Gasteiger partial charge >= 0.3 is 44.3 Å². The van der Waals surface area contributed by atoms with E-state index in [1.807, 2.05) is 0 Å². The van der Waals surface area contributed by atoms with Gasteiger partial charge in [0, 0.05) is 0 Å². The number of rotatable bonds is 2. The second-order valence-corrected chi connectivity index (χ2v) is 1.40. The number of halogens is 2. The summed E-state index contributed by atoms with van der Waals surface area (Å²) < 4.78 is -0.141. The standard InChI is InChI=1S/C4H5O.Co.2FH/c1-2-3-4-5;;;/h2H,1,3H2;;2*1H. The van der Waals surface area contributed by atoms with Crippen LogP contribution in [0.3, 0.4) is 0 Å². The largest absolute Gasteiger partial charge is 0.269 e. The van der Waals surface area contributed by atoms with Crippen LogP contribution < -0.4 is 0 Å². The van der Waals surface area contributed by atoms with Crippen molar-refractivity contribution in [3.05, 3.63) is 12.7 Å². The molecule has 0 aliphatic heterocycles. The van der Waals surface area contributed by atoms with E-state index >= 15 is 0 Å². The van der Waals surface area contributed by atoms with Crippen LogP contribution >= 0.6 is 0 Å². The molecule has 0 rings (SSSR count). The van der Waals surface area contributed by atoms with Crippen LogP contribution in [0.2, 0.25) is 0 Å². The van der Waals surface area contributed by atoms with E-state index in [1.54, 1.807) is 0 Å². The van der Waals surface area contributed by atoms with E-state index in [9.17, 15) is 4.79 Å². The molecule has 0 aromatic rings. The topological polar surface area (TPSA) is 17.1 Å². The van der Waals surface area contributed by atoms with Gasteiger partial charge in [0.15, 0.2) is 0 Å². The molecule has 0 spiro atoms. The van der Waals surface area contributed by atoms with Crippen LogP contribution in [0, 0.1) is 0 Å². The number of allylic oxidation sites excluding steroid dienone is 1. The zero-order chi connectivity index (χ0) is 4.99. The monoisotopic (exact) mass is 168 g/mol. The quantitative estimate of drug-likeness (QED) is 0.560. The van der Waals surface area contributed by atoms with Gasteiger partial charge < -0.3 is 0 Å². The van der Waals surface area contributed by atoms with Crippen LogP contribution in [-0.2, 0) is 20.5 Å². The third-order valence-corrected chi connectivity index (χ3v) is 0.508. The van der Waals surface area contributed by atoms with E-state index in [0.29, 0.717) is 6.42 Å². The summed E-state index contributed by atoms with van der Waals surface area (Å²) in [5, 5.41) is 0. The summed E-state index contributed by atoms with van der Waals surface area (Å²) in [6.45, 7) is 3.33. The molecule has 0 N–H and O–H groups in total. The molecule has 0 unspecified atom stereocenters. The minimum atomic E-state index is -0.141. The molecule has 0 aromatic heterocycles. The summed E-state index contributed by atoms with van der Waals surface area (Å²) >= 11 is 3.51. The number of carbonyl (C=O) groups is 1. The first-order chi connectivity index (χ1) is 2.77. The van der Waals surface area contributed by atoms with Crippen molar-refractivity contribution < 1.29 is 29.9 Å². The molecular weight excluding hydrogens is 161 g/mol. The molecule has 4 heteroatoms. The van der Waals surface area contributed by atoms with Gasteiger partial charge in [-0.1, -0.05) is 0 Å². The summed E-state index contributed by atoms with van der Waals surface area (Å²) in [7, 11) is 0. The molecule has 0 saturated carbocycles. The molecule has 0 saturated heterocycles. The average Bonchev–Trinajstić information content (AvgIpc) is 1.35. The Morgan fingerprint density at radius 1 is 1.62 bits per heavy atom. The summed E-state index contributed by atoms with van der Waals surface area (Å²) in [5.74, 6) is 0. The molecule has 0 atom stereocenters. The number of hydrogen-bond donors (Lipinski definition) is 0. The summed E-state index contributed by atoms with van der Waals surface area (Å²) in [5.41, 5.74) is 0. The molecule has 0 heterocycles. The Kier molecular flexibility index (Phi) is 19.4. The van der Waals surface area contributed by atoms with Gasteiger partial charge in [0.1, 0.15) is 0 Å². The Morgan fingerprint density at radius 2 is 2.00 bits per heavy atom. The van der Waals surface area contributed by atoms with E-state index < -0.39 is 0 Å². The van der Waals surface area contributed by atoms with E-state index in [4.69, 9.17) is 0 Å². The number of hydrogen-bond acceptors (Lipinski definition) is 1. The molecule has 1 nitrogen and oxygen atoms in total. The fourth-order valence-corrected chi connectivity index (χ4v) is 0.257. The fraction of sp³-hybridized carbons (Fsp3) is 0.250. The Morgan fingerprint density at radius 3 is 2.00 bits per heavy atom. The molecule has 0 radical (unpaired) electrons. The zero-order valence-electron chi connectivity index (χ0n) is 4.05. The van der Waals surface area contributed by atoms with Crippen LogP contribution in [0.5, 0.6) is 0 Å². The Hall–Kier alpha value is -0.224. The predicted molar refractivity (Wildman–Crippen MR) is 24.8 cm³/mol. The molecule has 0 fully saturated rings. The third-order valence-electron chi connectivity index (χ3n) is 0.296. The first-order valence-corrected chi connectivity index (χ1v) is 2.06. The second kappa shape index (κ2) is 9.91. The molecule has 0 aromatic carbocycles. The van der Waals surface area contributed by atoms with E-state index in [1.165, 1.54) is 6.08 Å². The van der Waals surface area contributed by atoms with Gasteiger partial charge in [0.25, 0.3) is 0 Å². The maximum atomic E-state index is 9.83. The second-order valence-electron chi connectivity index (χ2n) is 0.823. The zero-order valence-corrected chi connectivity index (χ0v) is 5.09. The molecular formula is C4H7CoF2O. The van der Waals surface area contributed by atoms with Crippen LogP contribution in [-0.4, -0.2) is 4.72 Å². The van der Waals surface area contributed by atoms with Gasteiger partial charge in [0.05, 0.1) is 0 Å². The Labute approximate surface area is 54.5 Å². The summed E-state index contributed by atoms with van der Waals surface area (Å²) in [6.07, 6.45) is 1.88. The van der Waals surface area contributed by atoms with E-state index in [2.05, 4.69) is 22.3 Å². The third kappa shape index (κ3) is 17.1. The van der Waals surface area contributed by atoms with Crippen LogP contribution in [0.15, 0.2) is 12.7 Å².